The molecular weight excluding hydrogens is 396 g/mol. The van der Waals surface area contributed by atoms with E-state index in [4.69, 9.17) is 4.74 Å². The molecule has 11 heteroatoms. The molecule has 10 nitrogen and oxygen atoms in total. The Hall–Kier alpha value is -3.73. The Bertz CT molecular complexity index is 1110. The van der Waals surface area contributed by atoms with Gasteiger partial charge < -0.3 is 15.2 Å². The van der Waals surface area contributed by atoms with E-state index in [2.05, 4.69) is 25.3 Å². The van der Waals surface area contributed by atoms with E-state index in [0.717, 1.165) is 11.8 Å². The van der Waals surface area contributed by atoms with Crippen LogP contribution in [0.3, 0.4) is 0 Å². The number of carbonyl (C=O) groups excluding carboxylic acids is 1. The molecule has 0 saturated carbocycles. The Balaban J connectivity index is 1.48. The van der Waals surface area contributed by atoms with Crippen LogP contribution in [0.25, 0.3) is 0 Å². The van der Waals surface area contributed by atoms with Crippen molar-refractivity contribution in [2.75, 3.05) is 4.90 Å². The average Bonchev–Trinajstić information content (AvgIpc) is 3.10. The molecule has 2 N–H and O–H groups in total. The number of nitrogens with one attached hydrogen (secondary N) is 1. The van der Waals surface area contributed by atoms with Crippen molar-refractivity contribution in [3.05, 3.63) is 54.9 Å². The molecule has 2 aliphatic heterocycles. The molecule has 0 radical (unpaired) electrons. The molecule has 2 amide bonds. The van der Waals surface area contributed by atoms with Gasteiger partial charge >= 0.3 is 12.0 Å². The van der Waals surface area contributed by atoms with E-state index in [-0.39, 0.29) is 0 Å². The number of anilines is 2. The molecule has 144 valence electrons. The van der Waals surface area contributed by atoms with E-state index >= 15 is 0 Å². The summed E-state index contributed by atoms with van der Waals surface area (Å²) < 4.78 is 5.62. The summed E-state index contributed by atoms with van der Waals surface area (Å²) in [4.78, 5) is 42.1. The quantitative estimate of drug-likeness (QED) is 0.668. The second-order valence-electron chi connectivity index (χ2n) is 6.22. The van der Waals surface area contributed by atoms with Crippen LogP contribution in [0, 0.1) is 0 Å². The summed E-state index contributed by atoms with van der Waals surface area (Å²) in [6.45, 7) is 0. The zero-order valence-corrected chi connectivity index (χ0v) is 15.4. The lowest BCUT2D eigenvalue weighted by Crippen LogP contribution is -2.47. The maximum absolute atomic E-state index is 12.8. The predicted octanol–water partition coefficient (Wildman–Crippen LogP) is 2.52. The predicted molar refractivity (Wildman–Crippen MR) is 101 cm³/mol. The van der Waals surface area contributed by atoms with E-state index in [0.29, 0.717) is 33.6 Å². The van der Waals surface area contributed by atoms with E-state index < -0.39 is 23.3 Å². The van der Waals surface area contributed by atoms with E-state index in [9.17, 15) is 14.7 Å². The number of hydrogen-bond acceptors (Lipinski definition) is 8. The Morgan fingerprint density at radius 2 is 1.97 bits per heavy atom. The molecule has 0 spiro atoms. The van der Waals surface area contributed by atoms with Crippen LogP contribution >= 0.6 is 11.8 Å². The number of carbonyl (C=O) groups is 2. The fourth-order valence-electron chi connectivity index (χ4n) is 3.28. The zero-order chi connectivity index (χ0) is 20.0. The number of rotatable bonds is 4. The molecule has 2 unspecified atom stereocenters. The van der Waals surface area contributed by atoms with Gasteiger partial charge in [-0.1, -0.05) is 11.8 Å². The standard InChI is InChI=1S/C18H12N6O4S/c25-17(26)15-14-13-11(3-4-21-16(13)29-15)24(18(27)23-14)12-2-1-9(7-22-12)28-10-5-19-8-20-6-10/h1-8,14-15H,(H,23,27)(H,25,26). The van der Waals surface area contributed by atoms with Gasteiger partial charge in [0.25, 0.3) is 0 Å². The van der Waals surface area contributed by atoms with Gasteiger partial charge in [0.1, 0.15) is 28.2 Å². The van der Waals surface area contributed by atoms with Gasteiger partial charge in [0, 0.05) is 11.8 Å². The molecule has 0 aliphatic carbocycles. The first kappa shape index (κ1) is 17.4. The summed E-state index contributed by atoms with van der Waals surface area (Å²) in [5.41, 5.74) is 1.26. The molecule has 5 rings (SSSR count). The summed E-state index contributed by atoms with van der Waals surface area (Å²) in [6, 6.07) is 3.91. The van der Waals surface area contributed by atoms with Crippen molar-refractivity contribution >= 4 is 35.3 Å². The van der Waals surface area contributed by atoms with Gasteiger partial charge in [0.15, 0.2) is 5.75 Å². The number of hydrogen-bond donors (Lipinski definition) is 2. The lowest BCUT2D eigenvalue weighted by molar-refractivity contribution is -0.136. The zero-order valence-electron chi connectivity index (χ0n) is 14.6. The molecular formula is C18H12N6O4S. The number of amides is 2. The van der Waals surface area contributed by atoms with Crippen LogP contribution < -0.4 is 15.0 Å². The lowest BCUT2D eigenvalue weighted by atomic mass is 10.0. The third-order valence-corrected chi connectivity index (χ3v) is 5.75. The first-order valence-electron chi connectivity index (χ1n) is 8.50. The Kier molecular flexibility index (Phi) is 4.02. The van der Waals surface area contributed by atoms with Crippen molar-refractivity contribution < 1.29 is 19.4 Å². The van der Waals surface area contributed by atoms with Gasteiger partial charge in [0.2, 0.25) is 0 Å². The van der Waals surface area contributed by atoms with Crippen molar-refractivity contribution in [1.29, 1.82) is 0 Å². The van der Waals surface area contributed by atoms with Gasteiger partial charge in [-0.25, -0.2) is 29.6 Å². The number of pyridine rings is 2. The van der Waals surface area contributed by atoms with Crippen LogP contribution in [0.15, 0.2) is 54.3 Å². The Labute approximate surface area is 168 Å². The first-order chi connectivity index (χ1) is 14.1. The minimum atomic E-state index is -0.998. The third kappa shape index (κ3) is 2.91. The second-order valence-corrected chi connectivity index (χ2v) is 7.35. The van der Waals surface area contributed by atoms with Crippen LogP contribution in [-0.2, 0) is 4.79 Å². The summed E-state index contributed by atoms with van der Waals surface area (Å²) in [6.07, 6.45) is 7.49. The average molecular weight is 408 g/mol. The SMILES string of the molecule is O=C(O)C1Sc2nccc3c2C1NC(=O)N3c1ccc(Oc2cncnc2)cn1. The fourth-order valence-corrected chi connectivity index (χ4v) is 4.44. The molecule has 3 aromatic rings. The highest BCUT2D eigenvalue weighted by Crippen LogP contribution is 2.50. The van der Waals surface area contributed by atoms with Crippen LogP contribution in [0.5, 0.6) is 11.5 Å². The summed E-state index contributed by atoms with van der Waals surface area (Å²) >= 11 is 1.13. The Morgan fingerprint density at radius 3 is 2.69 bits per heavy atom. The third-order valence-electron chi connectivity index (χ3n) is 4.47. The smallest absolute Gasteiger partial charge is 0.328 e. The summed E-state index contributed by atoms with van der Waals surface area (Å²) in [7, 11) is 0. The van der Waals surface area contributed by atoms with E-state index in [1.54, 1.807) is 24.4 Å². The van der Waals surface area contributed by atoms with Gasteiger partial charge in [-0.05, 0) is 18.2 Å². The highest BCUT2D eigenvalue weighted by atomic mass is 32.2. The maximum atomic E-state index is 12.8. The number of aromatic nitrogens is 4. The number of thioether (sulfide) groups is 1. The molecule has 5 heterocycles. The second kappa shape index (κ2) is 6.71. The van der Waals surface area contributed by atoms with Crippen molar-refractivity contribution in [2.24, 2.45) is 0 Å². The lowest BCUT2D eigenvalue weighted by Gasteiger charge is -2.33. The molecule has 0 fully saturated rings. The number of carboxylic acid groups (broad SMARTS) is 1. The van der Waals surface area contributed by atoms with E-state index in [1.807, 2.05) is 0 Å². The number of carboxylic acids is 1. The Morgan fingerprint density at radius 1 is 1.14 bits per heavy atom. The molecule has 3 aromatic heterocycles. The van der Waals surface area contributed by atoms with Gasteiger partial charge in [0.05, 0.1) is 30.3 Å². The topological polar surface area (TPSA) is 130 Å². The minimum Gasteiger partial charge on any atom is -0.480 e. The van der Waals surface area contributed by atoms with Crippen LogP contribution in [0.2, 0.25) is 0 Å². The highest BCUT2D eigenvalue weighted by molar-refractivity contribution is 8.00. The van der Waals surface area contributed by atoms with Crippen molar-refractivity contribution in [2.45, 2.75) is 16.3 Å². The van der Waals surface area contributed by atoms with Crippen molar-refractivity contribution in [3.8, 4) is 11.5 Å². The minimum absolute atomic E-state index is 0.370. The van der Waals surface area contributed by atoms with Crippen LogP contribution in [0.1, 0.15) is 11.6 Å². The first-order valence-corrected chi connectivity index (χ1v) is 9.37. The number of aliphatic carboxylic acids is 1. The van der Waals surface area contributed by atoms with Gasteiger partial charge in [-0.3, -0.25) is 4.79 Å². The summed E-state index contributed by atoms with van der Waals surface area (Å²) in [5, 5.41) is 12.0. The summed E-state index contributed by atoms with van der Waals surface area (Å²) in [5.74, 6) is 0.293. The van der Waals surface area contributed by atoms with Crippen molar-refractivity contribution in [3.63, 3.8) is 0 Å². The largest absolute Gasteiger partial charge is 0.480 e. The highest BCUT2D eigenvalue weighted by Gasteiger charge is 2.46. The molecule has 0 aromatic carbocycles. The number of urea groups is 1. The molecule has 2 aliphatic rings. The monoisotopic (exact) mass is 408 g/mol. The molecule has 0 bridgehead atoms. The normalized spacial score (nSPS) is 19.4. The van der Waals surface area contributed by atoms with Gasteiger partial charge in [-0.2, -0.15) is 0 Å². The maximum Gasteiger partial charge on any atom is 0.328 e. The van der Waals surface area contributed by atoms with Crippen LogP contribution in [0.4, 0.5) is 16.3 Å². The molecule has 2 atom stereocenters. The van der Waals surface area contributed by atoms with E-state index in [1.165, 1.54) is 29.8 Å². The molecule has 29 heavy (non-hydrogen) atoms. The molecule has 0 saturated heterocycles. The number of ether oxygens (including phenoxy) is 1. The number of nitrogens with zero attached hydrogens (tertiary/aromatic N) is 5. The fraction of sp³-hybridized carbons (Fsp3) is 0.111. The van der Waals surface area contributed by atoms with Gasteiger partial charge in [-0.15, -0.1) is 0 Å². The van der Waals surface area contributed by atoms with Crippen molar-refractivity contribution in [1.82, 2.24) is 25.3 Å². The van der Waals surface area contributed by atoms with Crippen LogP contribution in [-0.4, -0.2) is 42.3 Å².